The molecule has 0 spiro atoms. The first kappa shape index (κ1) is 12.9. The SMILES string of the molecule is Oc1cccc(O)c1OC1OC[C@@H](O)[C@H](O)[C@H]1O. The fraction of sp³-hybridized carbons (Fsp3) is 0.455. The molecule has 1 heterocycles. The summed E-state index contributed by atoms with van der Waals surface area (Å²) in [4.78, 5) is 0. The standard InChI is InChI=1S/C11H14O7/c12-5-2-1-3-6(13)10(5)18-11-9(16)8(15)7(14)4-17-11/h1-3,7-9,11-16H,4H2/t7-,8+,9-,11?/m1/s1. The molecule has 2 rings (SSSR count). The number of ether oxygens (including phenoxy) is 2. The van der Waals surface area contributed by atoms with Crippen LogP contribution in [0.25, 0.3) is 0 Å². The van der Waals surface area contributed by atoms with Crippen LogP contribution in [0.15, 0.2) is 18.2 Å². The van der Waals surface area contributed by atoms with E-state index < -0.39 is 24.6 Å². The van der Waals surface area contributed by atoms with Crippen LogP contribution in [0.1, 0.15) is 0 Å². The summed E-state index contributed by atoms with van der Waals surface area (Å²) in [5, 5.41) is 47.3. The first-order valence-electron chi connectivity index (χ1n) is 5.34. The monoisotopic (exact) mass is 258 g/mol. The van der Waals surface area contributed by atoms with Crippen LogP contribution in [0.2, 0.25) is 0 Å². The Bertz CT molecular complexity index is 402. The van der Waals surface area contributed by atoms with Crippen molar-refractivity contribution in [2.24, 2.45) is 0 Å². The summed E-state index contributed by atoms with van der Waals surface area (Å²) in [7, 11) is 0. The summed E-state index contributed by atoms with van der Waals surface area (Å²) < 4.78 is 10.1. The van der Waals surface area contributed by atoms with Gasteiger partial charge in [-0.1, -0.05) is 6.07 Å². The Labute approximate surface area is 102 Å². The van der Waals surface area contributed by atoms with Gasteiger partial charge in [0.1, 0.15) is 18.3 Å². The molecule has 4 atom stereocenters. The minimum Gasteiger partial charge on any atom is -0.504 e. The Hall–Kier alpha value is -1.54. The lowest BCUT2D eigenvalue weighted by Gasteiger charge is -2.35. The molecule has 7 nitrogen and oxygen atoms in total. The van der Waals surface area contributed by atoms with Crippen molar-refractivity contribution in [2.75, 3.05) is 6.61 Å². The number of aliphatic hydroxyl groups is 3. The van der Waals surface area contributed by atoms with E-state index in [9.17, 15) is 25.5 Å². The number of para-hydroxylation sites is 1. The van der Waals surface area contributed by atoms with Crippen molar-refractivity contribution in [1.82, 2.24) is 0 Å². The van der Waals surface area contributed by atoms with Crippen LogP contribution in [-0.4, -0.2) is 56.7 Å². The van der Waals surface area contributed by atoms with E-state index in [4.69, 9.17) is 9.47 Å². The molecular weight excluding hydrogens is 244 g/mol. The van der Waals surface area contributed by atoms with Crippen molar-refractivity contribution >= 4 is 0 Å². The number of phenolic OH excluding ortho intramolecular Hbond substituents is 2. The number of hydrogen-bond acceptors (Lipinski definition) is 7. The highest BCUT2D eigenvalue weighted by atomic mass is 16.7. The van der Waals surface area contributed by atoms with Crippen LogP contribution in [0, 0.1) is 0 Å². The lowest BCUT2D eigenvalue weighted by molar-refractivity contribution is -0.242. The minimum atomic E-state index is -1.49. The first-order chi connectivity index (χ1) is 8.50. The number of aromatic hydroxyl groups is 2. The van der Waals surface area contributed by atoms with Gasteiger partial charge in [0, 0.05) is 0 Å². The van der Waals surface area contributed by atoms with Gasteiger partial charge in [-0.3, -0.25) is 0 Å². The third-order valence-electron chi connectivity index (χ3n) is 2.66. The largest absolute Gasteiger partial charge is 0.504 e. The molecule has 100 valence electrons. The Morgan fingerprint density at radius 3 is 2.28 bits per heavy atom. The highest BCUT2D eigenvalue weighted by Gasteiger charge is 2.39. The summed E-state index contributed by atoms with van der Waals surface area (Å²) >= 11 is 0. The van der Waals surface area contributed by atoms with Crippen molar-refractivity contribution < 1.29 is 35.0 Å². The molecule has 5 N–H and O–H groups in total. The summed E-state index contributed by atoms with van der Waals surface area (Å²) in [6.07, 6.45) is -5.41. The molecule has 0 radical (unpaired) electrons. The van der Waals surface area contributed by atoms with E-state index in [1.165, 1.54) is 18.2 Å². The molecule has 18 heavy (non-hydrogen) atoms. The lowest BCUT2D eigenvalue weighted by Crippen LogP contribution is -2.54. The predicted molar refractivity (Wildman–Crippen MR) is 58.2 cm³/mol. The Balaban J connectivity index is 2.14. The molecule has 1 unspecified atom stereocenters. The van der Waals surface area contributed by atoms with Crippen LogP contribution in [-0.2, 0) is 4.74 Å². The van der Waals surface area contributed by atoms with Crippen LogP contribution in [0.3, 0.4) is 0 Å². The second kappa shape index (κ2) is 4.99. The van der Waals surface area contributed by atoms with Crippen molar-refractivity contribution in [2.45, 2.75) is 24.6 Å². The third-order valence-corrected chi connectivity index (χ3v) is 2.66. The van der Waals surface area contributed by atoms with Gasteiger partial charge < -0.3 is 35.0 Å². The van der Waals surface area contributed by atoms with E-state index in [0.29, 0.717) is 0 Å². The molecule has 7 heteroatoms. The number of rotatable bonds is 2. The van der Waals surface area contributed by atoms with Crippen molar-refractivity contribution in [3.05, 3.63) is 18.2 Å². The Kier molecular flexibility index (Phi) is 3.58. The maximum absolute atomic E-state index is 9.63. The van der Waals surface area contributed by atoms with Gasteiger partial charge in [0.2, 0.25) is 12.0 Å². The number of benzene rings is 1. The third kappa shape index (κ3) is 2.34. The molecular formula is C11H14O7. The number of aliphatic hydroxyl groups excluding tert-OH is 3. The Morgan fingerprint density at radius 2 is 1.67 bits per heavy atom. The summed E-state index contributed by atoms with van der Waals surface area (Å²) in [5.41, 5.74) is 0. The molecule has 1 saturated heterocycles. The number of hydrogen-bond donors (Lipinski definition) is 5. The van der Waals surface area contributed by atoms with Gasteiger partial charge in [-0.05, 0) is 12.1 Å². The molecule has 1 aromatic rings. The van der Waals surface area contributed by atoms with E-state index >= 15 is 0 Å². The smallest absolute Gasteiger partial charge is 0.229 e. The van der Waals surface area contributed by atoms with Crippen LogP contribution in [0.5, 0.6) is 17.2 Å². The molecule has 0 aromatic heterocycles. The van der Waals surface area contributed by atoms with E-state index in [1.54, 1.807) is 0 Å². The fourth-order valence-electron chi connectivity index (χ4n) is 1.63. The summed E-state index contributed by atoms with van der Waals surface area (Å²) in [6.45, 7) is -0.225. The maximum atomic E-state index is 9.63. The summed E-state index contributed by atoms with van der Waals surface area (Å²) in [5.74, 6) is -0.914. The van der Waals surface area contributed by atoms with Gasteiger partial charge in [0.15, 0.2) is 11.5 Å². The van der Waals surface area contributed by atoms with Gasteiger partial charge >= 0.3 is 0 Å². The maximum Gasteiger partial charge on any atom is 0.229 e. The van der Waals surface area contributed by atoms with E-state index in [-0.39, 0.29) is 23.9 Å². The second-order valence-corrected chi connectivity index (χ2v) is 3.99. The first-order valence-corrected chi connectivity index (χ1v) is 5.34. The lowest BCUT2D eigenvalue weighted by atomic mass is 10.1. The van der Waals surface area contributed by atoms with Gasteiger partial charge in [-0.25, -0.2) is 0 Å². The van der Waals surface area contributed by atoms with Crippen LogP contribution < -0.4 is 4.74 Å². The highest BCUT2D eigenvalue weighted by molar-refractivity contribution is 5.49. The molecule has 0 aliphatic carbocycles. The molecule has 0 amide bonds. The summed E-state index contributed by atoms with van der Waals surface area (Å²) in [6, 6.07) is 3.99. The molecule has 1 aromatic carbocycles. The van der Waals surface area contributed by atoms with Crippen LogP contribution >= 0.6 is 0 Å². The highest BCUT2D eigenvalue weighted by Crippen LogP contribution is 2.36. The van der Waals surface area contributed by atoms with Crippen LogP contribution in [0.4, 0.5) is 0 Å². The zero-order chi connectivity index (χ0) is 13.3. The molecule has 0 saturated carbocycles. The zero-order valence-electron chi connectivity index (χ0n) is 9.30. The fourth-order valence-corrected chi connectivity index (χ4v) is 1.63. The molecule has 0 bridgehead atoms. The normalized spacial score (nSPS) is 32.2. The topological polar surface area (TPSA) is 120 Å². The molecule has 1 fully saturated rings. The molecule has 1 aliphatic rings. The van der Waals surface area contributed by atoms with Gasteiger partial charge in [-0.15, -0.1) is 0 Å². The van der Waals surface area contributed by atoms with Gasteiger partial charge in [-0.2, -0.15) is 0 Å². The minimum absolute atomic E-state index is 0.225. The zero-order valence-corrected chi connectivity index (χ0v) is 9.30. The van der Waals surface area contributed by atoms with Crippen molar-refractivity contribution in [3.8, 4) is 17.2 Å². The quantitative estimate of drug-likeness (QED) is 0.457. The van der Waals surface area contributed by atoms with Crippen molar-refractivity contribution in [3.63, 3.8) is 0 Å². The van der Waals surface area contributed by atoms with E-state index in [1.807, 2.05) is 0 Å². The Morgan fingerprint density at radius 1 is 1.06 bits per heavy atom. The van der Waals surface area contributed by atoms with Gasteiger partial charge in [0.05, 0.1) is 6.61 Å². The van der Waals surface area contributed by atoms with Crippen molar-refractivity contribution in [1.29, 1.82) is 0 Å². The van der Waals surface area contributed by atoms with Gasteiger partial charge in [0.25, 0.3) is 0 Å². The molecule has 1 aliphatic heterocycles. The average Bonchev–Trinajstić information content (AvgIpc) is 2.34. The van der Waals surface area contributed by atoms with E-state index in [2.05, 4.69) is 0 Å². The average molecular weight is 258 g/mol. The predicted octanol–water partition coefficient (Wildman–Crippen LogP) is -1.08. The number of phenols is 2. The van der Waals surface area contributed by atoms with E-state index in [0.717, 1.165) is 0 Å². The second-order valence-electron chi connectivity index (χ2n) is 3.99.